The number of rotatable bonds is 6. The molecular formula is C12H22N4. The van der Waals surface area contributed by atoms with E-state index < -0.39 is 0 Å². The van der Waals surface area contributed by atoms with Crippen LogP contribution < -0.4 is 10.6 Å². The van der Waals surface area contributed by atoms with Crippen molar-refractivity contribution in [3.8, 4) is 0 Å². The first-order chi connectivity index (χ1) is 7.69. The third-order valence-corrected chi connectivity index (χ3v) is 2.74. The molecule has 0 radical (unpaired) electrons. The van der Waals surface area contributed by atoms with Crippen LogP contribution in [0.2, 0.25) is 0 Å². The molecule has 0 fully saturated rings. The first-order valence-corrected chi connectivity index (χ1v) is 5.98. The van der Waals surface area contributed by atoms with Gasteiger partial charge in [0.15, 0.2) is 0 Å². The van der Waals surface area contributed by atoms with E-state index in [2.05, 4.69) is 41.4 Å². The van der Waals surface area contributed by atoms with Gasteiger partial charge in [0.05, 0.1) is 0 Å². The fraction of sp³-hybridized carbons (Fsp3) is 0.667. The Kier molecular flexibility index (Phi) is 5.02. The summed E-state index contributed by atoms with van der Waals surface area (Å²) >= 11 is 0. The lowest BCUT2D eigenvalue weighted by Crippen LogP contribution is -2.13. The van der Waals surface area contributed by atoms with Gasteiger partial charge >= 0.3 is 0 Å². The highest BCUT2D eigenvalue weighted by atomic mass is 15.1. The average Bonchev–Trinajstić information content (AvgIpc) is 2.30. The molecule has 4 heteroatoms. The van der Waals surface area contributed by atoms with Gasteiger partial charge in [0.2, 0.25) is 0 Å². The number of nitrogens with zero attached hydrogens (tertiary/aromatic N) is 2. The minimum Gasteiger partial charge on any atom is -0.370 e. The van der Waals surface area contributed by atoms with Gasteiger partial charge in [-0.15, -0.1) is 0 Å². The Hall–Kier alpha value is -1.32. The molecule has 2 N–H and O–H groups in total. The molecule has 0 saturated carbocycles. The third-order valence-electron chi connectivity index (χ3n) is 2.74. The van der Waals surface area contributed by atoms with Crippen molar-refractivity contribution in [2.45, 2.75) is 34.1 Å². The number of hydrogen-bond acceptors (Lipinski definition) is 4. The van der Waals surface area contributed by atoms with E-state index in [1.165, 1.54) is 6.42 Å². The minimum absolute atomic E-state index is 0.664. The molecular weight excluding hydrogens is 200 g/mol. The van der Waals surface area contributed by atoms with E-state index in [9.17, 15) is 0 Å². The maximum Gasteiger partial charge on any atom is 0.134 e. The molecule has 1 unspecified atom stereocenters. The van der Waals surface area contributed by atoms with Gasteiger partial charge in [0, 0.05) is 18.7 Å². The number of hydrogen-bond donors (Lipinski definition) is 2. The Morgan fingerprint density at radius 2 is 1.81 bits per heavy atom. The van der Waals surface area contributed by atoms with Crippen molar-refractivity contribution in [3.63, 3.8) is 0 Å². The summed E-state index contributed by atoms with van der Waals surface area (Å²) in [6, 6.07) is 0. The Morgan fingerprint density at radius 1 is 1.19 bits per heavy atom. The maximum absolute atomic E-state index is 4.27. The van der Waals surface area contributed by atoms with Gasteiger partial charge in [-0.05, 0) is 19.8 Å². The molecule has 0 saturated heterocycles. The topological polar surface area (TPSA) is 49.8 Å². The predicted octanol–water partition coefficient (Wildman–Crippen LogP) is 2.67. The van der Waals surface area contributed by atoms with Crippen LogP contribution in [0.1, 0.15) is 32.8 Å². The standard InChI is InChI=1S/C12H22N4/c1-5-9(3)7-14-12-10(4)11(13-6-2)15-8-16-12/h8-9H,5-7H2,1-4H3,(H2,13,14,15,16). The molecule has 16 heavy (non-hydrogen) atoms. The van der Waals surface area contributed by atoms with E-state index in [4.69, 9.17) is 0 Å². The summed E-state index contributed by atoms with van der Waals surface area (Å²) < 4.78 is 0. The Labute approximate surface area is 97.9 Å². The molecule has 1 aromatic heterocycles. The second-order valence-electron chi connectivity index (χ2n) is 4.12. The summed E-state index contributed by atoms with van der Waals surface area (Å²) in [4.78, 5) is 8.48. The van der Waals surface area contributed by atoms with Crippen molar-refractivity contribution in [1.82, 2.24) is 9.97 Å². The van der Waals surface area contributed by atoms with E-state index in [-0.39, 0.29) is 0 Å². The molecule has 1 aromatic rings. The van der Waals surface area contributed by atoms with Gasteiger partial charge in [-0.2, -0.15) is 0 Å². The highest BCUT2D eigenvalue weighted by Gasteiger charge is 2.06. The lowest BCUT2D eigenvalue weighted by Gasteiger charge is -2.14. The smallest absolute Gasteiger partial charge is 0.134 e. The largest absolute Gasteiger partial charge is 0.370 e. The first kappa shape index (κ1) is 12.7. The highest BCUT2D eigenvalue weighted by molar-refractivity contribution is 5.56. The molecule has 90 valence electrons. The first-order valence-electron chi connectivity index (χ1n) is 5.98. The zero-order chi connectivity index (χ0) is 12.0. The van der Waals surface area contributed by atoms with Crippen LogP contribution in [-0.2, 0) is 0 Å². The minimum atomic E-state index is 0.664. The van der Waals surface area contributed by atoms with Crippen LogP contribution in [0.25, 0.3) is 0 Å². The van der Waals surface area contributed by atoms with Crippen LogP contribution in [0.15, 0.2) is 6.33 Å². The van der Waals surface area contributed by atoms with E-state index in [1.807, 2.05) is 6.92 Å². The van der Waals surface area contributed by atoms with Crippen LogP contribution in [0.3, 0.4) is 0 Å². The van der Waals surface area contributed by atoms with E-state index in [0.29, 0.717) is 5.92 Å². The molecule has 1 heterocycles. The lowest BCUT2D eigenvalue weighted by molar-refractivity contribution is 0.592. The summed E-state index contributed by atoms with van der Waals surface area (Å²) in [5.41, 5.74) is 1.09. The molecule has 0 amide bonds. The SMILES string of the molecule is CCNc1ncnc(NCC(C)CC)c1C. The number of nitrogens with one attached hydrogen (secondary N) is 2. The molecule has 0 aliphatic heterocycles. The molecule has 1 rings (SSSR count). The second kappa shape index (κ2) is 6.30. The summed E-state index contributed by atoms with van der Waals surface area (Å²) in [7, 11) is 0. The van der Waals surface area contributed by atoms with Crippen LogP contribution in [0.5, 0.6) is 0 Å². The van der Waals surface area contributed by atoms with Crippen molar-refractivity contribution in [1.29, 1.82) is 0 Å². The average molecular weight is 222 g/mol. The van der Waals surface area contributed by atoms with Crippen molar-refractivity contribution in [2.24, 2.45) is 5.92 Å². The summed E-state index contributed by atoms with van der Waals surface area (Å²) in [6.07, 6.45) is 2.78. The molecule has 4 nitrogen and oxygen atoms in total. The lowest BCUT2D eigenvalue weighted by atomic mass is 10.1. The Balaban J connectivity index is 2.69. The highest BCUT2D eigenvalue weighted by Crippen LogP contribution is 2.18. The molecule has 0 aromatic carbocycles. The van der Waals surface area contributed by atoms with Gasteiger partial charge in [-0.3, -0.25) is 0 Å². The Morgan fingerprint density at radius 3 is 2.38 bits per heavy atom. The van der Waals surface area contributed by atoms with E-state index in [0.717, 1.165) is 30.3 Å². The van der Waals surface area contributed by atoms with E-state index in [1.54, 1.807) is 6.33 Å². The van der Waals surface area contributed by atoms with Crippen LogP contribution in [0.4, 0.5) is 11.6 Å². The van der Waals surface area contributed by atoms with E-state index >= 15 is 0 Å². The fourth-order valence-corrected chi connectivity index (χ4v) is 1.39. The summed E-state index contributed by atoms with van der Waals surface area (Å²) in [5.74, 6) is 2.52. The second-order valence-corrected chi connectivity index (χ2v) is 4.12. The quantitative estimate of drug-likeness (QED) is 0.777. The van der Waals surface area contributed by atoms with Crippen molar-refractivity contribution in [3.05, 3.63) is 11.9 Å². The van der Waals surface area contributed by atoms with Gasteiger partial charge in [-0.25, -0.2) is 9.97 Å². The monoisotopic (exact) mass is 222 g/mol. The number of aromatic nitrogens is 2. The predicted molar refractivity (Wildman–Crippen MR) is 68.9 cm³/mol. The fourth-order valence-electron chi connectivity index (χ4n) is 1.39. The third kappa shape index (κ3) is 3.36. The normalized spacial score (nSPS) is 12.2. The molecule has 0 spiro atoms. The zero-order valence-electron chi connectivity index (χ0n) is 10.7. The van der Waals surface area contributed by atoms with Gasteiger partial charge < -0.3 is 10.6 Å². The molecule has 0 bridgehead atoms. The van der Waals surface area contributed by atoms with Gasteiger partial charge in [0.25, 0.3) is 0 Å². The van der Waals surface area contributed by atoms with Crippen molar-refractivity contribution in [2.75, 3.05) is 23.7 Å². The maximum atomic E-state index is 4.27. The zero-order valence-corrected chi connectivity index (χ0v) is 10.7. The van der Waals surface area contributed by atoms with Crippen molar-refractivity contribution >= 4 is 11.6 Å². The van der Waals surface area contributed by atoms with Gasteiger partial charge in [0.1, 0.15) is 18.0 Å². The molecule has 1 atom stereocenters. The number of anilines is 2. The van der Waals surface area contributed by atoms with Crippen LogP contribution in [0, 0.1) is 12.8 Å². The van der Waals surface area contributed by atoms with Crippen LogP contribution >= 0.6 is 0 Å². The summed E-state index contributed by atoms with van der Waals surface area (Å²) in [5, 5.41) is 6.60. The van der Waals surface area contributed by atoms with Crippen molar-refractivity contribution < 1.29 is 0 Å². The molecule has 0 aliphatic carbocycles. The summed E-state index contributed by atoms with van der Waals surface area (Å²) in [6.45, 7) is 10.4. The molecule has 0 aliphatic rings. The van der Waals surface area contributed by atoms with Crippen LogP contribution in [-0.4, -0.2) is 23.1 Å². The van der Waals surface area contributed by atoms with Gasteiger partial charge in [-0.1, -0.05) is 20.3 Å². The Bertz CT molecular complexity index is 325.